The maximum Gasteiger partial charge on any atom is 0.193 e. The third-order valence-electron chi connectivity index (χ3n) is 5.41. The van der Waals surface area contributed by atoms with Gasteiger partial charge in [0.05, 0.1) is 12.7 Å². The standard InChI is InChI=1S/C22H38N6/c1-7-11-27(12-8-2)21(18(4)5)15-24-22(23-9-3)28-13-10-19(17-28)20-14-25-26(6)16-20/h7-8,14,16,18-19,21H,1-2,9-13,15,17H2,3-6H3,(H,23,24). The Hall–Kier alpha value is -2.08. The first kappa shape index (κ1) is 22.2. The first-order chi connectivity index (χ1) is 13.5. The number of hydrogen-bond donors (Lipinski definition) is 1. The molecule has 0 bridgehead atoms. The predicted molar refractivity (Wildman–Crippen MR) is 119 cm³/mol. The molecular weight excluding hydrogens is 348 g/mol. The van der Waals surface area contributed by atoms with Crippen molar-refractivity contribution in [2.24, 2.45) is 18.0 Å². The molecule has 0 radical (unpaired) electrons. The normalized spacial score (nSPS) is 18.7. The van der Waals surface area contributed by atoms with Crippen molar-refractivity contribution >= 4 is 5.96 Å². The molecule has 1 N–H and O–H groups in total. The SMILES string of the molecule is C=CCN(CC=C)C(CN=C(NCC)N1CCC(c2cnn(C)c2)C1)C(C)C. The molecule has 1 aromatic rings. The highest BCUT2D eigenvalue weighted by Crippen LogP contribution is 2.26. The minimum Gasteiger partial charge on any atom is -0.357 e. The smallest absolute Gasteiger partial charge is 0.193 e. The minimum absolute atomic E-state index is 0.362. The van der Waals surface area contributed by atoms with Gasteiger partial charge in [-0.25, -0.2) is 0 Å². The number of aliphatic imine (C=N–C) groups is 1. The van der Waals surface area contributed by atoms with Gasteiger partial charge in [0.1, 0.15) is 0 Å². The summed E-state index contributed by atoms with van der Waals surface area (Å²) in [4.78, 5) is 9.83. The number of likely N-dealkylation sites (tertiary alicyclic amines) is 1. The van der Waals surface area contributed by atoms with E-state index in [9.17, 15) is 0 Å². The van der Waals surface area contributed by atoms with Crippen LogP contribution < -0.4 is 5.32 Å². The fraction of sp³-hybridized carbons (Fsp3) is 0.636. The van der Waals surface area contributed by atoms with Gasteiger partial charge < -0.3 is 10.2 Å². The Bertz CT molecular complexity index is 637. The molecule has 0 amide bonds. The Morgan fingerprint density at radius 2 is 2.11 bits per heavy atom. The largest absolute Gasteiger partial charge is 0.357 e. The van der Waals surface area contributed by atoms with E-state index in [0.717, 1.165) is 51.6 Å². The second-order valence-corrected chi connectivity index (χ2v) is 7.92. The van der Waals surface area contributed by atoms with E-state index in [1.54, 1.807) is 0 Å². The number of guanidine groups is 1. The van der Waals surface area contributed by atoms with Crippen molar-refractivity contribution in [3.63, 3.8) is 0 Å². The van der Waals surface area contributed by atoms with E-state index < -0.39 is 0 Å². The van der Waals surface area contributed by atoms with Crippen LogP contribution in [-0.4, -0.2) is 70.9 Å². The summed E-state index contributed by atoms with van der Waals surface area (Å²) in [5.74, 6) is 2.06. The summed E-state index contributed by atoms with van der Waals surface area (Å²) in [5.41, 5.74) is 1.32. The van der Waals surface area contributed by atoms with Gasteiger partial charge in [0, 0.05) is 57.9 Å². The van der Waals surface area contributed by atoms with E-state index in [2.05, 4.69) is 60.3 Å². The van der Waals surface area contributed by atoms with Crippen LogP contribution in [0.3, 0.4) is 0 Å². The number of rotatable bonds is 10. The molecule has 0 spiro atoms. The lowest BCUT2D eigenvalue weighted by atomic mass is 10.0. The van der Waals surface area contributed by atoms with Crippen LogP contribution in [-0.2, 0) is 7.05 Å². The molecule has 2 heterocycles. The minimum atomic E-state index is 0.362. The average Bonchev–Trinajstić information content (AvgIpc) is 3.30. The first-order valence-electron chi connectivity index (χ1n) is 10.5. The summed E-state index contributed by atoms with van der Waals surface area (Å²) in [6.07, 6.45) is 9.20. The maximum absolute atomic E-state index is 5.04. The Labute approximate surface area is 171 Å². The highest BCUT2D eigenvalue weighted by atomic mass is 15.3. The number of aryl methyl sites for hydroxylation is 1. The molecule has 2 atom stereocenters. The van der Waals surface area contributed by atoms with Crippen molar-refractivity contribution in [3.8, 4) is 0 Å². The Kier molecular flexibility index (Phi) is 8.77. The van der Waals surface area contributed by atoms with Gasteiger partial charge in [0.2, 0.25) is 0 Å². The van der Waals surface area contributed by atoms with E-state index in [-0.39, 0.29) is 0 Å². The van der Waals surface area contributed by atoms with Gasteiger partial charge in [0.15, 0.2) is 5.96 Å². The van der Waals surface area contributed by atoms with Crippen LogP contribution in [0, 0.1) is 5.92 Å². The molecule has 28 heavy (non-hydrogen) atoms. The van der Waals surface area contributed by atoms with Gasteiger partial charge in [-0.15, -0.1) is 13.2 Å². The third-order valence-corrected chi connectivity index (χ3v) is 5.41. The molecule has 6 heteroatoms. The maximum atomic E-state index is 5.04. The van der Waals surface area contributed by atoms with Crippen molar-refractivity contribution in [1.29, 1.82) is 0 Å². The number of aromatic nitrogens is 2. The van der Waals surface area contributed by atoms with Crippen LogP contribution in [0.15, 0.2) is 42.7 Å². The summed E-state index contributed by atoms with van der Waals surface area (Å²) in [5, 5.41) is 7.83. The Morgan fingerprint density at radius 1 is 1.39 bits per heavy atom. The molecule has 1 fully saturated rings. The molecule has 1 saturated heterocycles. The molecule has 0 aliphatic carbocycles. The second-order valence-electron chi connectivity index (χ2n) is 7.92. The van der Waals surface area contributed by atoms with Crippen molar-refractivity contribution in [2.45, 2.75) is 39.2 Å². The lowest BCUT2D eigenvalue weighted by Gasteiger charge is -2.32. The van der Waals surface area contributed by atoms with Crippen LogP contribution in [0.5, 0.6) is 0 Å². The van der Waals surface area contributed by atoms with Crippen LogP contribution >= 0.6 is 0 Å². The highest BCUT2D eigenvalue weighted by molar-refractivity contribution is 5.80. The highest BCUT2D eigenvalue weighted by Gasteiger charge is 2.27. The molecule has 6 nitrogen and oxygen atoms in total. The Morgan fingerprint density at radius 3 is 2.64 bits per heavy atom. The molecule has 1 aliphatic heterocycles. The Balaban J connectivity index is 2.09. The zero-order valence-electron chi connectivity index (χ0n) is 18.1. The molecule has 156 valence electrons. The molecule has 0 aromatic carbocycles. The van der Waals surface area contributed by atoms with E-state index in [4.69, 9.17) is 4.99 Å². The van der Waals surface area contributed by atoms with E-state index in [1.807, 2.05) is 30.1 Å². The number of nitrogens with one attached hydrogen (secondary N) is 1. The zero-order chi connectivity index (χ0) is 20.5. The number of hydrogen-bond acceptors (Lipinski definition) is 3. The van der Waals surface area contributed by atoms with Crippen molar-refractivity contribution in [3.05, 3.63) is 43.3 Å². The fourth-order valence-electron chi connectivity index (χ4n) is 3.91. The van der Waals surface area contributed by atoms with Crippen molar-refractivity contribution in [1.82, 2.24) is 24.9 Å². The monoisotopic (exact) mass is 386 g/mol. The molecule has 0 saturated carbocycles. The predicted octanol–water partition coefficient (Wildman–Crippen LogP) is 2.87. The summed E-state index contributed by atoms with van der Waals surface area (Å²) < 4.78 is 1.89. The lowest BCUT2D eigenvalue weighted by Crippen LogP contribution is -2.44. The van der Waals surface area contributed by atoms with Crippen molar-refractivity contribution < 1.29 is 0 Å². The van der Waals surface area contributed by atoms with E-state index in [0.29, 0.717) is 17.9 Å². The summed E-state index contributed by atoms with van der Waals surface area (Å²) >= 11 is 0. The molecule has 2 unspecified atom stereocenters. The van der Waals surface area contributed by atoms with Crippen molar-refractivity contribution in [2.75, 3.05) is 39.3 Å². The van der Waals surface area contributed by atoms with E-state index in [1.165, 1.54) is 5.56 Å². The van der Waals surface area contributed by atoms with Crippen LogP contribution in [0.1, 0.15) is 38.7 Å². The lowest BCUT2D eigenvalue weighted by molar-refractivity contribution is 0.195. The van der Waals surface area contributed by atoms with Crippen LogP contribution in [0.2, 0.25) is 0 Å². The van der Waals surface area contributed by atoms with Gasteiger partial charge in [0.25, 0.3) is 0 Å². The molecule has 1 aromatic heterocycles. The number of nitrogens with zero attached hydrogens (tertiary/aromatic N) is 5. The molecular formula is C22H38N6. The van der Waals surface area contributed by atoms with Gasteiger partial charge in [-0.2, -0.15) is 5.10 Å². The first-order valence-corrected chi connectivity index (χ1v) is 10.5. The quantitative estimate of drug-likeness (QED) is 0.382. The summed E-state index contributed by atoms with van der Waals surface area (Å²) in [6.45, 7) is 19.9. The summed E-state index contributed by atoms with van der Waals surface area (Å²) in [6, 6.07) is 0.362. The van der Waals surface area contributed by atoms with Gasteiger partial charge >= 0.3 is 0 Å². The fourth-order valence-corrected chi connectivity index (χ4v) is 3.91. The third kappa shape index (κ3) is 5.96. The summed E-state index contributed by atoms with van der Waals surface area (Å²) in [7, 11) is 1.98. The second kappa shape index (κ2) is 11.1. The average molecular weight is 387 g/mol. The zero-order valence-corrected chi connectivity index (χ0v) is 18.1. The molecule has 2 rings (SSSR count). The van der Waals surface area contributed by atoms with Gasteiger partial charge in [-0.1, -0.05) is 26.0 Å². The van der Waals surface area contributed by atoms with E-state index >= 15 is 0 Å². The van der Waals surface area contributed by atoms with Crippen LogP contribution in [0.4, 0.5) is 0 Å². The van der Waals surface area contributed by atoms with Crippen LogP contribution in [0.25, 0.3) is 0 Å². The van der Waals surface area contributed by atoms with Gasteiger partial charge in [-0.05, 0) is 24.8 Å². The van der Waals surface area contributed by atoms with Gasteiger partial charge in [-0.3, -0.25) is 14.6 Å². The molecule has 1 aliphatic rings. The topological polar surface area (TPSA) is 48.7 Å².